The summed E-state index contributed by atoms with van der Waals surface area (Å²) >= 11 is 1.71. The number of aromatic nitrogens is 2. The standard InChI is InChI=1S/C20H30N2OS/c1-9-24-18-21-12(2)16(22-18)13-10-14(19(3,4)5)17(23)15(11-13)20(6,7)8/h10-11,23H,9H2,1-8H3,(H,21,22). The number of aryl methyl sites for hydroxylation is 1. The minimum Gasteiger partial charge on any atom is -0.507 e. The van der Waals surface area contributed by atoms with Crippen molar-refractivity contribution in [2.45, 2.75) is 71.4 Å². The minimum absolute atomic E-state index is 0.134. The summed E-state index contributed by atoms with van der Waals surface area (Å²) in [6.07, 6.45) is 0. The number of hydrogen-bond acceptors (Lipinski definition) is 3. The monoisotopic (exact) mass is 346 g/mol. The lowest BCUT2D eigenvalue weighted by atomic mass is 9.78. The Morgan fingerprint density at radius 1 is 1.04 bits per heavy atom. The first-order chi connectivity index (χ1) is 10.9. The molecule has 0 spiro atoms. The van der Waals surface area contributed by atoms with Gasteiger partial charge >= 0.3 is 0 Å². The molecule has 2 rings (SSSR count). The number of thioether (sulfide) groups is 1. The highest BCUT2D eigenvalue weighted by atomic mass is 32.2. The first-order valence-electron chi connectivity index (χ1n) is 8.53. The van der Waals surface area contributed by atoms with E-state index < -0.39 is 0 Å². The number of aromatic hydroxyl groups is 1. The molecule has 2 aromatic rings. The van der Waals surface area contributed by atoms with Gasteiger partial charge in [-0.25, -0.2) is 4.98 Å². The molecule has 1 heterocycles. The van der Waals surface area contributed by atoms with Crippen molar-refractivity contribution in [2.24, 2.45) is 0 Å². The molecule has 132 valence electrons. The summed E-state index contributed by atoms with van der Waals surface area (Å²) < 4.78 is 0. The van der Waals surface area contributed by atoms with Crippen LogP contribution in [0.1, 0.15) is 65.3 Å². The van der Waals surface area contributed by atoms with E-state index in [-0.39, 0.29) is 10.8 Å². The lowest BCUT2D eigenvalue weighted by molar-refractivity contribution is 0.423. The van der Waals surface area contributed by atoms with Crippen molar-refractivity contribution < 1.29 is 5.11 Å². The molecule has 0 bridgehead atoms. The zero-order chi connectivity index (χ0) is 18.3. The highest BCUT2D eigenvalue weighted by Gasteiger charge is 2.27. The summed E-state index contributed by atoms with van der Waals surface area (Å²) in [5, 5.41) is 11.8. The molecule has 0 aliphatic rings. The quantitative estimate of drug-likeness (QED) is 0.691. The smallest absolute Gasteiger partial charge is 0.166 e. The van der Waals surface area contributed by atoms with E-state index in [4.69, 9.17) is 4.98 Å². The number of nitrogens with one attached hydrogen (secondary N) is 1. The molecule has 0 atom stereocenters. The van der Waals surface area contributed by atoms with Gasteiger partial charge in [0.1, 0.15) is 5.75 Å². The van der Waals surface area contributed by atoms with Gasteiger partial charge in [-0.3, -0.25) is 0 Å². The Bertz CT molecular complexity index is 698. The molecule has 24 heavy (non-hydrogen) atoms. The third-order valence-electron chi connectivity index (χ3n) is 4.14. The van der Waals surface area contributed by atoms with Crippen molar-refractivity contribution in [3.8, 4) is 17.0 Å². The van der Waals surface area contributed by atoms with Crippen LogP contribution in [0.4, 0.5) is 0 Å². The molecule has 0 aliphatic heterocycles. The highest BCUT2D eigenvalue weighted by Crippen LogP contribution is 2.42. The van der Waals surface area contributed by atoms with Crippen molar-refractivity contribution in [1.82, 2.24) is 9.97 Å². The van der Waals surface area contributed by atoms with Crippen LogP contribution >= 0.6 is 11.8 Å². The number of nitrogens with zero attached hydrogens (tertiary/aromatic N) is 1. The van der Waals surface area contributed by atoms with Crippen molar-refractivity contribution in [2.75, 3.05) is 5.75 Å². The number of rotatable bonds is 3. The van der Waals surface area contributed by atoms with Crippen LogP contribution in [-0.2, 0) is 10.8 Å². The van der Waals surface area contributed by atoms with Gasteiger partial charge in [0, 0.05) is 22.4 Å². The van der Waals surface area contributed by atoms with Crippen LogP contribution in [0.25, 0.3) is 11.3 Å². The molecule has 3 nitrogen and oxygen atoms in total. The van der Waals surface area contributed by atoms with E-state index in [9.17, 15) is 5.11 Å². The van der Waals surface area contributed by atoms with Gasteiger partial charge in [0.25, 0.3) is 0 Å². The van der Waals surface area contributed by atoms with Crippen LogP contribution in [0.15, 0.2) is 17.3 Å². The van der Waals surface area contributed by atoms with Crippen LogP contribution in [-0.4, -0.2) is 20.8 Å². The van der Waals surface area contributed by atoms with Crippen molar-refractivity contribution in [3.05, 3.63) is 29.0 Å². The number of aromatic amines is 1. The number of phenolic OH excluding ortho intramolecular Hbond substituents is 1. The Morgan fingerprint density at radius 3 is 1.96 bits per heavy atom. The first kappa shape index (κ1) is 18.9. The van der Waals surface area contributed by atoms with E-state index in [1.807, 2.05) is 0 Å². The molecule has 0 unspecified atom stereocenters. The third kappa shape index (κ3) is 3.80. The van der Waals surface area contributed by atoms with E-state index in [1.54, 1.807) is 11.8 Å². The second kappa shape index (κ2) is 6.47. The normalized spacial score (nSPS) is 12.7. The van der Waals surface area contributed by atoms with E-state index in [2.05, 4.69) is 72.5 Å². The van der Waals surface area contributed by atoms with Crippen LogP contribution in [0, 0.1) is 6.92 Å². The first-order valence-corrected chi connectivity index (χ1v) is 9.51. The fourth-order valence-electron chi connectivity index (χ4n) is 2.83. The van der Waals surface area contributed by atoms with Gasteiger partial charge in [0.15, 0.2) is 5.16 Å². The highest BCUT2D eigenvalue weighted by molar-refractivity contribution is 7.99. The van der Waals surface area contributed by atoms with Crippen LogP contribution < -0.4 is 0 Å². The second-order valence-corrected chi connectivity index (χ2v) is 9.62. The average Bonchev–Trinajstić information content (AvgIpc) is 2.77. The third-order valence-corrected chi connectivity index (χ3v) is 4.90. The predicted molar refractivity (Wildman–Crippen MR) is 104 cm³/mol. The summed E-state index contributed by atoms with van der Waals surface area (Å²) in [6.45, 7) is 17.0. The van der Waals surface area contributed by atoms with E-state index >= 15 is 0 Å². The molecule has 0 amide bonds. The summed E-state index contributed by atoms with van der Waals surface area (Å²) in [4.78, 5) is 8.14. The second-order valence-electron chi connectivity index (χ2n) is 8.37. The lowest BCUT2D eigenvalue weighted by Crippen LogP contribution is -2.17. The Kier molecular flexibility index (Phi) is 5.10. The molecule has 1 aromatic heterocycles. The Morgan fingerprint density at radius 2 is 1.54 bits per heavy atom. The predicted octanol–water partition coefficient (Wildman–Crippen LogP) is 5.80. The number of imidazole rings is 1. The van der Waals surface area contributed by atoms with Gasteiger partial charge in [0.2, 0.25) is 0 Å². The van der Waals surface area contributed by atoms with Gasteiger partial charge in [-0.15, -0.1) is 0 Å². The van der Waals surface area contributed by atoms with Crippen LogP contribution in [0.5, 0.6) is 5.75 Å². The molecule has 0 radical (unpaired) electrons. The molecule has 0 fully saturated rings. The van der Waals surface area contributed by atoms with E-state index in [0.29, 0.717) is 5.75 Å². The maximum atomic E-state index is 10.9. The molecule has 4 heteroatoms. The van der Waals surface area contributed by atoms with Crippen molar-refractivity contribution in [1.29, 1.82) is 0 Å². The number of H-pyrrole nitrogens is 1. The van der Waals surface area contributed by atoms with Crippen LogP contribution in [0.3, 0.4) is 0 Å². The SMILES string of the molecule is CCSc1nc(-c2cc(C(C)(C)C)c(O)c(C(C)(C)C)c2)c(C)[nH]1. The van der Waals surface area contributed by atoms with Gasteiger partial charge in [-0.05, 0) is 35.6 Å². The molecule has 0 saturated heterocycles. The summed E-state index contributed by atoms with van der Waals surface area (Å²) in [5.74, 6) is 1.40. The zero-order valence-corrected chi connectivity index (χ0v) is 17.0. The maximum absolute atomic E-state index is 10.9. The van der Waals surface area contributed by atoms with E-state index in [1.165, 1.54) is 0 Å². The fourth-order valence-corrected chi connectivity index (χ4v) is 3.49. The number of phenols is 1. The van der Waals surface area contributed by atoms with E-state index in [0.717, 1.165) is 39.0 Å². The lowest BCUT2D eigenvalue weighted by Gasteiger charge is -2.28. The number of hydrogen-bond donors (Lipinski definition) is 2. The van der Waals surface area contributed by atoms with Crippen molar-refractivity contribution in [3.63, 3.8) is 0 Å². The van der Waals surface area contributed by atoms with Crippen LogP contribution in [0.2, 0.25) is 0 Å². The Hall–Kier alpha value is -1.42. The number of benzene rings is 1. The Labute approximate surface area is 150 Å². The molecule has 2 N–H and O–H groups in total. The van der Waals surface area contributed by atoms with Gasteiger partial charge in [0.05, 0.1) is 5.69 Å². The molecular formula is C20H30N2OS. The van der Waals surface area contributed by atoms with Gasteiger partial charge < -0.3 is 10.1 Å². The Balaban J connectivity index is 2.71. The summed E-state index contributed by atoms with van der Waals surface area (Å²) in [5.41, 5.74) is 4.78. The van der Waals surface area contributed by atoms with Gasteiger partial charge in [-0.1, -0.05) is 60.2 Å². The summed E-state index contributed by atoms with van der Waals surface area (Å²) in [7, 11) is 0. The topological polar surface area (TPSA) is 48.9 Å². The molecular weight excluding hydrogens is 316 g/mol. The largest absolute Gasteiger partial charge is 0.507 e. The maximum Gasteiger partial charge on any atom is 0.166 e. The fraction of sp³-hybridized carbons (Fsp3) is 0.550. The minimum atomic E-state index is -0.134. The molecule has 0 saturated carbocycles. The molecule has 0 aliphatic carbocycles. The average molecular weight is 347 g/mol. The van der Waals surface area contributed by atoms with Gasteiger partial charge in [-0.2, -0.15) is 0 Å². The zero-order valence-electron chi connectivity index (χ0n) is 16.2. The summed E-state index contributed by atoms with van der Waals surface area (Å²) in [6, 6.07) is 4.18. The molecule has 1 aromatic carbocycles. The van der Waals surface area contributed by atoms with Crippen molar-refractivity contribution >= 4 is 11.8 Å².